The SMILES string of the molecule is C[C@@H](Cn1cnnn1)Oc1nc(-c2ccc3nccn3n2)ccc1F. The van der Waals surface area contributed by atoms with Crippen molar-refractivity contribution in [2.45, 2.75) is 19.6 Å². The number of hydrogen-bond donors (Lipinski definition) is 0. The Bertz CT molecular complexity index is 1000. The smallest absolute Gasteiger partial charge is 0.251 e. The Morgan fingerprint density at radius 3 is 2.92 bits per heavy atom. The lowest BCUT2D eigenvalue weighted by Crippen LogP contribution is -2.21. The lowest BCUT2D eigenvalue weighted by molar-refractivity contribution is 0.177. The van der Waals surface area contributed by atoms with Gasteiger partial charge in [-0.2, -0.15) is 5.10 Å². The number of fused-ring (bicyclic) bond motifs is 1. The maximum absolute atomic E-state index is 14.1. The van der Waals surface area contributed by atoms with Crippen molar-refractivity contribution in [2.75, 3.05) is 0 Å². The molecule has 0 amide bonds. The van der Waals surface area contributed by atoms with Gasteiger partial charge in [0.05, 0.1) is 12.2 Å². The standard InChI is InChI=1S/C15H13FN8O/c1-10(8-23-9-18-21-22-23)25-15-11(16)2-3-12(19-15)13-4-5-14-17-6-7-24(14)20-13/h2-7,9-10H,8H2,1H3/t10-/m0/s1. The van der Waals surface area contributed by atoms with Gasteiger partial charge in [-0.1, -0.05) is 0 Å². The molecule has 0 unspecified atom stereocenters. The second kappa shape index (κ2) is 6.23. The number of hydrogen-bond acceptors (Lipinski definition) is 7. The molecule has 25 heavy (non-hydrogen) atoms. The zero-order chi connectivity index (χ0) is 17.2. The molecule has 0 saturated carbocycles. The number of aromatic nitrogens is 8. The molecule has 0 fully saturated rings. The zero-order valence-electron chi connectivity index (χ0n) is 13.2. The molecule has 0 aliphatic rings. The number of pyridine rings is 1. The Morgan fingerprint density at radius 1 is 1.20 bits per heavy atom. The molecule has 0 bridgehead atoms. The summed E-state index contributed by atoms with van der Waals surface area (Å²) in [5, 5.41) is 15.2. The van der Waals surface area contributed by atoms with Crippen molar-refractivity contribution in [3.8, 4) is 17.3 Å². The van der Waals surface area contributed by atoms with Gasteiger partial charge in [-0.25, -0.2) is 23.6 Å². The van der Waals surface area contributed by atoms with E-state index in [0.717, 1.165) is 5.65 Å². The first-order valence-electron chi connectivity index (χ1n) is 7.54. The molecule has 4 aromatic rings. The van der Waals surface area contributed by atoms with E-state index in [1.807, 2.05) is 6.07 Å². The Hall–Kier alpha value is -3.43. The minimum Gasteiger partial charge on any atom is -0.471 e. The molecule has 10 heteroatoms. The maximum Gasteiger partial charge on any atom is 0.251 e. The molecule has 126 valence electrons. The van der Waals surface area contributed by atoms with Crippen LogP contribution >= 0.6 is 0 Å². The summed E-state index contributed by atoms with van der Waals surface area (Å²) in [5.41, 5.74) is 1.81. The summed E-state index contributed by atoms with van der Waals surface area (Å²) < 4.78 is 22.8. The highest BCUT2D eigenvalue weighted by Gasteiger charge is 2.14. The summed E-state index contributed by atoms with van der Waals surface area (Å²) in [6, 6.07) is 6.45. The van der Waals surface area contributed by atoms with Gasteiger partial charge < -0.3 is 4.74 Å². The van der Waals surface area contributed by atoms with Crippen LogP contribution in [0.2, 0.25) is 0 Å². The lowest BCUT2D eigenvalue weighted by atomic mass is 10.2. The average Bonchev–Trinajstić information content (AvgIpc) is 3.27. The normalized spacial score (nSPS) is 12.4. The summed E-state index contributed by atoms with van der Waals surface area (Å²) >= 11 is 0. The maximum atomic E-state index is 14.1. The van der Waals surface area contributed by atoms with Crippen LogP contribution in [0.15, 0.2) is 43.0 Å². The lowest BCUT2D eigenvalue weighted by Gasteiger charge is -2.14. The van der Waals surface area contributed by atoms with Gasteiger partial charge in [-0.15, -0.1) is 5.10 Å². The molecular weight excluding hydrogens is 327 g/mol. The Balaban J connectivity index is 1.59. The zero-order valence-corrected chi connectivity index (χ0v) is 13.2. The molecule has 0 N–H and O–H groups in total. The largest absolute Gasteiger partial charge is 0.471 e. The molecule has 0 radical (unpaired) electrons. The molecule has 1 atom stereocenters. The molecule has 4 heterocycles. The number of halogens is 1. The van der Waals surface area contributed by atoms with E-state index in [9.17, 15) is 4.39 Å². The number of ether oxygens (including phenoxy) is 1. The van der Waals surface area contributed by atoms with E-state index < -0.39 is 5.82 Å². The third-order valence-corrected chi connectivity index (χ3v) is 3.48. The van der Waals surface area contributed by atoms with Crippen LogP contribution in [0.5, 0.6) is 5.88 Å². The van der Waals surface area contributed by atoms with Crippen LogP contribution in [0, 0.1) is 5.82 Å². The van der Waals surface area contributed by atoms with E-state index in [4.69, 9.17) is 4.74 Å². The van der Waals surface area contributed by atoms with Crippen molar-refractivity contribution in [2.24, 2.45) is 0 Å². The third-order valence-electron chi connectivity index (χ3n) is 3.48. The molecule has 0 aromatic carbocycles. The number of imidazole rings is 1. The molecule has 4 rings (SSSR count). The Morgan fingerprint density at radius 2 is 2.08 bits per heavy atom. The van der Waals surface area contributed by atoms with E-state index >= 15 is 0 Å². The van der Waals surface area contributed by atoms with Crippen molar-refractivity contribution in [3.63, 3.8) is 0 Å². The Kier molecular flexibility index (Phi) is 3.77. The van der Waals surface area contributed by atoms with E-state index in [1.54, 1.807) is 36.0 Å². The van der Waals surface area contributed by atoms with Gasteiger partial charge in [0, 0.05) is 12.4 Å². The van der Waals surface area contributed by atoms with Crippen molar-refractivity contribution in [1.29, 1.82) is 0 Å². The van der Waals surface area contributed by atoms with Crippen LogP contribution in [0.1, 0.15) is 6.92 Å². The van der Waals surface area contributed by atoms with Crippen LogP contribution in [0.3, 0.4) is 0 Å². The van der Waals surface area contributed by atoms with Crippen LogP contribution < -0.4 is 4.74 Å². The van der Waals surface area contributed by atoms with Gasteiger partial charge in [0.1, 0.15) is 18.1 Å². The van der Waals surface area contributed by atoms with Gasteiger partial charge in [0.15, 0.2) is 11.5 Å². The van der Waals surface area contributed by atoms with Crippen LogP contribution in [0.25, 0.3) is 17.0 Å². The monoisotopic (exact) mass is 340 g/mol. The molecule has 0 aliphatic carbocycles. The first kappa shape index (κ1) is 15.1. The molecule has 0 saturated heterocycles. The third kappa shape index (κ3) is 3.13. The topological polar surface area (TPSA) is 95.9 Å². The second-order valence-electron chi connectivity index (χ2n) is 5.39. The fraction of sp³-hybridized carbons (Fsp3) is 0.200. The number of rotatable bonds is 5. The van der Waals surface area contributed by atoms with Gasteiger partial charge in [0.2, 0.25) is 0 Å². The highest BCUT2D eigenvalue weighted by molar-refractivity contribution is 5.56. The fourth-order valence-electron chi connectivity index (χ4n) is 2.36. The number of tetrazole rings is 1. The van der Waals surface area contributed by atoms with Gasteiger partial charge in [-0.05, 0) is 41.6 Å². The Labute approximate surface area is 141 Å². The highest BCUT2D eigenvalue weighted by atomic mass is 19.1. The first-order valence-corrected chi connectivity index (χ1v) is 7.54. The predicted molar refractivity (Wildman–Crippen MR) is 84.1 cm³/mol. The highest BCUT2D eigenvalue weighted by Crippen LogP contribution is 2.22. The van der Waals surface area contributed by atoms with Gasteiger partial charge >= 0.3 is 0 Å². The molecular formula is C15H13FN8O. The van der Waals surface area contributed by atoms with Crippen molar-refractivity contribution in [3.05, 3.63) is 48.8 Å². The number of nitrogens with zero attached hydrogens (tertiary/aromatic N) is 8. The van der Waals surface area contributed by atoms with E-state index in [-0.39, 0.29) is 12.0 Å². The fourth-order valence-corrected chi connectivity index (χ4v) is 2.36. The van der Waals surface area contributed by atoms with Crippen LogP contribution in [-0.4, -0.2) is 45.9 Å². The summed E-state index contributed by atoms with van der Waals surface area (Å²) in [7, 11) is 0. The van der Waals surface area contributed by atoms with E-state index in [0.29, 0.717) is 17.9 Å². The molecule has 9 nitrogen and oxygen atoms in total. The minimum absolute atomic E-state index is 0.0920. The van der Waals surface area contributed by atoms with Crippen molar-refractivity contribution in [1.82, 2.24) is 39.8 Å². The minimum atomic E-state index is -0.545. The molecule has 4 aromatic heterocycles. The quantitative estimate of drug-likeness (QED) is 0.541. The van der Waals surface area contributed by atoms with Crippen LogP contribution in [0.4, 0.5) is 4.39 Å². The van der Waals surface area contributed by atoms with Gasteiger partial charge in [-0.3, -0.25) is 0 Å². The summed E-state index contributed by atoms with van der Waals surface area (Å²) in [6.45, 7) is 2.16. The van der Waals surface area contributed by atoms with Crippen LogP contribution in [-0.2, 0) is 6.54 Å². The molecule has 0 spiro atoms. The molecule has 0 aliphatic heterocycles. The van der Waals surface area contributed by atoms with Crippen molar-refractivity contribution >= 4 is 5.65 Å². The first-order chi connectivity index (χ1) is 12.2. The van der Waals surface area contributed by atoms with Gasteiger partial charge in [0.25, 0.3) is 5.88 Å². The van der Waals surface area contributed by atoms with Crippen molar-refractivity contribution < 1.29 is 9.13 Å². The summed E-state index contributed by atoms with van der Waals surface area (Å²) in [6.07, 6.45) is 4.47. The van der Waals surface area contributed by atoms with E-state index in [2.05, 4.69) is 30.6 Å². The van der Waals surface area contributed by atoms with E-state index in [1.165, 1.54) is 17.1 Å². The average molecular weight is 340 g/mol. The summed E-state index contributed by atoms with van der Waals surface area (Å²) in [5.74, 6) is -0.637. The second-order valence-corrected chi connectivity index (χ2v) is 5.39. The predicted octanol–water partition coefficient (Wildman–Crippen LogP) is 1.38. The summed E-state index contributed by atoms with van der Waals surface area (Å²) in [4.78, 5) is 8.39.